The fraction of sp³-hybridized carbons (Fsp3) is 0.360. The average molecular weight is 434 g/mol. The van der Waals surface area contributed by atoms with Gasteiger partial charge in [0.1, 0.15) is 0 Å². The van der Waals surface area contributed by atoms with Gasteiger partial charge in [0.25, 0.3) is 11.5 Å². The van der Waals surface area contributed by atoms with Crippen LogP contribution in [-0.4, -0.2) is 27.8 Å². The number of benzene rings is 2. The van der Waals surface area contributed by atoms with Crippen LogP contribution in [0.25, 0.3) is 10.8 Å². The van der Waals surface area contributed by atoms with Gasteiger partial charge in [-0.1, -0.05) is 49.4 Å². The minimum Gasteiger partial charge on any atom is -0.448 e. The maximum Gasteiger partial charge on any atom is 0.360 e. The first-order chi connectivity index (χ1) is 15.5. The highest BCUT2D eigenvalue weighted by atomic mass is 16.5. The molecule has 1 aromatic heterocycles. The summed E-state index contributed by atoms with van der Waals surface area (Å²) in [5.74, 6) is -1.08. The monoisotopic (exact) mass is 433 g/mol. The fourth-order valence-electron chi connectivity index (χ4n) is 4.21. The van der Waals surface area contributed by atoms with Crippen LogP contribution in [0, 0.1) is 0 Å². The molecule has 0 saturated heterocycles. The fourth-order valence-corrected chi connectivity index (χ4v) is 4.21. The molecule has 166 valence electrons. The molecule has 0 bridgehead atoms. The second kappa shape index (κ2) is 9.34. The van der Waals surface area contributed by atoms with E-state index in [4.69, 9.17) is 4.74 Å². The number of carbonyl (C=O) groups is 2. The molecule has 1 aliphatic carbocycles. The Kier molecular flexibility index (Phi) is 6.35. The van der Waals surface area contributed by atoms with E-state index in [1.807, 2.05) is 25.1 Å². The van der Waals surface area contributed by atoms with E-state index in [1.54, 1.807) is 31.2 Å². The van der Waals surface area contributed by atoms with Crippen molar-refractivity contribution in [2.24, 2.45) is 0 Å². The summed E-state index contributed by atoms with van der Waals surface area (Å²) in [6, 6.07) is 14.8. The van der Waals surface area contributed by atoms with Gasteiger partial charge in [0, 0.05) is 11.9 Å². The molecule has 3 aromatic rings. The van der Waals surface area contributed by atoms with Gasteiger partial charge in [-0.3, -0.25) is 9.59 Å². The lowest BCUT2D eigenvalue weighted by Gasteiger charge is -2.27. The molecule has 0 aliphatic heterocycles. The first-order valence-electron chi connectivity index (χ1n) is 11.1. The van der Waals surface area contributed by atoms with Crippen molar-refractivity contribution in [2.75, 3.05) is 0 Å². The Balaban J connectivity index is 1.53. The molecule has 1 N–H and O–H groups in total. The van der Waals surface area contributed by atoms with Crippen LogP contribution in [0.15, 0.2) is 53.3 Å². The molecule has 32 heavy (non-hydrogen) atoms. The Morgan fingerprint density at radius 2 is 1.88 bits per heavy atom. The molecule has 7 heteroatoms. The molecule has 7 nitrogen and oxygen atoms in total. The van der Waals surface area contributed by atoms with E-state index in [-0.39, 0.29) is 23.2 Å². The second-order valence-corrected chi connectivity index (χ2v) is 8.12. The number of carbonyl (C=O) groups excluding carboxylic acids is 2. The van der Waals surface area contributed by atoms with Crippen molar-refractivity contribution in [1.29, 1.82) is 0 Å². The molecule has 2 aromatic carbocycles. The third-order valence-electron chi connectivity index (χ3n) is 5.84. The minimum absolute atomic E-state index is 0.0383. The van der Waals surface area contributed by atoms with E-state index >= 15 is 0 Å². The van der Waals surface area contributed by atoms with Crippen molar-refractivity contribution < 1.29 is 14.3 Å². The number of rotatable bonds is 6. The zero-order valence-electron chi connectivity index (χ0n) is 18.3. The van der Waals surface area contributed by atoms with E-state index in [2.05, 4.69) is 16.5 Å². The van der Waals surface area contributed by atoms with Gasteiger partial charge in [-0.2, -0.15) is 5.10 Å². The smallest absolute Gasteiger partial charge is 0.360 e. The Bertz CT molecular complexity index is 1220. The Hall–Kier alpha value is -3.48. The summed E-state index contributed by atoms with van der Waals surface area (Å²) >= 11 is 0. The maximum atomic E-state index is 13.0. The number of amides is 1. The third-order valence-corrected chi connectivity index (χ3v) is 5.84. The van der Waals surface area contributed by atoms with Crippen LogP contribution in [0.5, 0.6) is 0 Å². The highest BCUT2D eigenvalue weighted by molar-refractivity contribution is 6.02. The van der Waals surface area contributed by atoms with Gasteiger partial charge in [-0.05, 0) is 49.8 Å². The van der Waals surface area contributed by atoms with E-state index < -0.39 is 12.1 Å². The van der Waals surface area contributed by atoms with Crippen molar-refractivity contribution >= 4 is 22.6 Å². The summed E-state index contributed by atoms with van der Waals surface area (Å²) in [6.45, 7) is 3.87. The molecule has 1 aliphatic rings. The molecule has 1 amide bonds. The van der Waals surface area contributed by atoms with Gasteiger partial charge < -0.3 is 10.1 Å². The predicted octanol–water partition coefficient (Wildman–Crippen LogP) is 3.55. The average Bonchev–Trinajstić information content (AvgIpc) is 2.81. The van der Waals surface area contributed by atoms with Crippen molar-refractivity contribution in [1.82, 2.24) is 15.1 Å². The minimum atomic E-state index is -0.997. The molecule has 0 radical (unpaired) electrons. The molecule has 0 spiro atoms. The zero-order valence-corrected chi connectivity index (χ0v) is 18.3. The standard InChI is InChI=1S/C25H27N3O4/c1-3-15-28-24(30)20-13-7-6-12-19(20)22(27-28)25(31)32-16(2)23(29)26-21-14-8-10-17-9-4-5-11-18(17)21/h4-7,9,11-13,16,21H,3,8,10,14-15H2,1-2H3,(H,26,29). The van der Waals surface area contributed by atoms with E-state index in [1.165, 1.54) is 10.2 Å². The summed E-state index contributed by atoms with van der Waals surface area (Å²) in [6.07, 6.45) is 2.53. The van der Waals surface area contributed by atoms with Gasteiger partial charge in [0.15, 0.2) is 11.8 Å². The van der Waals surface area contributed by atoms with Gasteiger partial charge in [-0.15, -0.1) is 0 Å². The number of hydrogen-bond donors (Lipinski definition) is 1. The number of esters is 1. The van der Waals surface area contributed by atoms with E-state index in [9.17, 15) is 14.4 Å². The van der Waals surface area contributed by atoms with Crippen LogP contribution in [0.3, 0.4) is 0 Å². The molecule has 0 saturated carbocycles. The lowest BCUT2D eigenvalue weighted by atomic mass is 9.87. The Morgan fingerprint density at radius 1 is 1.16 bits per heavy atom. The molecule has 2 unspecified atom stereocenters. The number of hydrogen-bond acceptors (Lipinski definition) is 5. The molecule has 1 heterocycles. The number of aryl methyl sites for hydroxylation is 2. The van der Waals surface area contributed by atoms with Crippen LogP contribution in [0.2, 0.25) is 0 Å². The van der Waals surface area contributed by atoms with Crippen LogP contribution >= 0.6 is 0 Å². The quantitative estimate of drug-likeness (QED) is 0.601. The maximum absolute atomic E-state index is 13.0. The van der Waals surface area contributed by atoms with Gasteiger partial charge in [0.05, 0.1) is 11.4 Å². The van der Waals surface area contributed by atoms with Gasteiger partial charge >= 0.3 is 5.97 Å². The molecule has 0 fully saturated rings. The largest absolute Gasteiger partial charge is 0.448 e. The summed E-state index contributed by atoms with van der Waals surface area (Å²) in [4.78, 5) is 38.4. The molecule has 2 atom stereocenters. The predicted molar refractivity (Wildman–Crippen MR) is 121 cm³/mol. The van der Waals surface area contributed by atoms with Crippen molar-refractivity contribution in [2.45, 2.75) is 58.2 Å². The lowest BCUT2D eigenvalue weighted by Crippen LogP contribution is -2.39. The van der Waals surface area contributed by atoms with Gasteiger partial charge in [-0.25, -0.2) is 9.48 Å². The number of nitrogens with one attached hydrogen (secondary N) is 1. The van der Waals surface area contributed by atoms with Crippen LogP contribution < -0.4 is 10.9 Å². The molecular weight excluding hydrogens is 406 g/mol. The summed E-state index contributed by atoms with van der Waals surface area (Å²) < 4.78 is 6.76. The summed E-state index contributed by atoms with van der Waals surface area (Å²) in [5.41, 5.74) is 2.14. The second-order valence-electron chi connectivity index (χ2n) is 8.12. The SMILES string of the molecule is CCCn1nc(C(=O)OC(C)C(=O)NC2CCCc3ccccc32)c2ccccc2c1=O. The van der Waals surface area contributed by atoms with Crippen molar-refractivity contribution in [3.63, 3.8) is 0 Å². The third kappa shape index (κ3) is 4.28. The van der Waals surface area contributed by atoms with Crippen LogP contribution in [0.1, 0.15) is 60.8 Å². The van der Waals surface area contributed by atoms with E-state index in [0.717, 1.165) is 24.8 Å². The van der Waals surface area contributed by atoms with Crippen LogP contribution in [-0.2, 0) is 22.5 Å². The number of ether oxygens (including phenoxy) is 1. The Morgan fingerprint density at radius 3 is 2.66 bits per heavy atom. The first kappa shape index (κ1) is 21.7. The Labute approximate surface area is 186 Å². The summed E-state index contributed by atoms with van der Waals surface area (Å²) in [7, 11) is 0. The number of aromatic nitrogens is 2. The van der Waals surface area contributed by atoms with E-state index in [0.29, 0.717) is 23.7 Å². The lowest BCUT2D eigenvalue weighted by molar-refractivity contribution is -0.130. The van der Waals surface area contributed by atoms with Crippen molar-refractivity contribution in [3.8, 4) is 0 Å². The highest BCUT2D eigenvalue weighted by Crippen LogP contribution is 2.29. The number of nitrogens with zero attached hydrogens (tertiary/aromatic N) is 2. The van der Waals surface area contributed by atoms with Crippen LogP contribution in [0.4, 0.5) is 0 Å². The number of fused-ring (bicyclic) bond motifs is 2. The summed E-state index contributed by atoms with van der Waals surface area (Å²) in [5, 5.41) is 8.09. The van der Waals surface area contributed by atoms with Gasteiger partial charge in [0.2, 0.25) is 0 Å². The normalized spacial score (nSPS) is 16.2. The zero-order chi connectivity index (χ0) is 22.7. The first-order valence-corrected chi connectivity index (χ1v) is 11.1. The van der Waals surface area contributed by atoms with Crippen molar-refractivity contribution in [3.05, 3.63) is 75.7 Å². The topological polar surface area (TPSA) is 90.3 Å². The highest BCUT2D eigenvalue weighted by Gasteiger charge is 2.27. The molecular formula is C25H27N3O4. The molecule has 4 rings (SSSR count).